The Morgan fingerprint density at radius 3 is 2.87 bits per heavy atom. The van der Waals surface area contributed by atoms with E-state index >= 15 is 0 Å². The van der Waals surface area contributed by atoms with Gasteiger partial charge in [-0.05, 0) is 68.0 Å². The van der Waals surface area contributed by atoms with Crippen molar-refractivity contribution in [2.45, 2.75) is 32.6 Å². The van der Waals surface area contributed by atoms with Crippen LogP contribution < -0.4 is 9.64 Å². The average Bonchev–Trinajstić information content (AvgIpc) is 3.18. The van der Waals surface area contributed by atoms with Crippen molar-refractivity contribution in [3.8, 4) is 5.75 Å². The first kappa shape index (κ1) is 21.6. The zero-order chi connectivity index (χ0) is 21.6. The number of nitrogens with zero attached hydrogens (tertiary/aromatic N) is 2. The predicted molar refractivity (Wildman–Crippen MR) is 121 cm³/mol. The van der Waals surface area contributed by atoms with Crippen molar-refractivity contribution >= 4 is 32.7 Å². The standard InChI is InChI=1S/C24H27FN2O3S/c1-2-29-23(28)15-18-4-3-5-20(14-18)30-13-10-17-8-11-27(12-9-17)24-26-21-7-6-19(25)16-22(21)31-24/h3-7,14,16-17H,2,8-13,15H2,1H3. The Labute approximate surface area is 185 Å². The number of rotatable bonds is 8. The Morgan fingerprint density at radius 1 is 1.23 bits per heavy atom. The number of carbonyl (C=O) groups excluding carboxylic acids is 1. The van der Waals surface area contributed by atoms with Crippen LogP contribution in [0.3, 0.4) is 0 Å². The summed E-state index contributed by atoms with van der Waals surface area (Å²) in [4.78, 5) is 18.6. The smallest absolute Gasteiger partial charge is 0.310 e. The third-order valence-corrected chi connectivity index (χ3v) is 6.65. The largest absolute Gasteiger partial charge is 0.494 e. The molecule has 0 unspecified atom stereocenters. The third kappa shape index (κ3) is 5.73. The summed E-state index contributed by atoms with van der Waals surface area (Å²) in [6.07, 6.45) is 3.45. The van der Waals surface area contributed by atoms with E-state index in [1.165, 1.54) is 6.07 Å². The van der Waals surface area contributed by atoms with Crippen LogP contribution in [0, 0.1) is 11.7 Å². The maximum atomic E-state index is 13.4. The Balaban J connectivity index is 1.23. The topological polar surface area (TPSA) is 51.7 Å². The molecule has 2 heterocycles. The van der Waals surface area contributed by atoms with Crippen LogP contribution in [0.5, 0.6) is 5.75 Å². The van der Waals surface area contributed by atoms with Crippen LogP contribution >= 0.6 is 11.3 Å². The van der Waals surface area contributed by atoms with Gasteiger partial charge in [-0.15, -0.1) is 0 Å². The highest BCUT2D eigenvalue weighted by Gasteiger charge is 2.21. The molecule has 7 heteroatoms. The number of aromatic nitrogens is 1. The molecule has 5 nitrogen and oxygen atoms in total. The number of fused-ring (bicyclic) bond motifs is 1. The number of piperidine rings is 1. The maximum Gasteiger partial charge on any atom is 0.310 e. The zero-order valence-electron chi connectivity index (χ0n) is 17.7. The first-order valence-corrected chi connectivity index (χ1v) is 11.6. The van der Waals surface area contributed by atoms with Crippen molar-refractivity contribution in [3.63, 3.8) is 0 Å². The minimum atomic E-state index is -0.218. The SMILES string of the molecule is CCOC(=O)Cc1cccc(OCCC2CCN(c3nc4ccc(F)cc4s3)CC2)c1. The molecule has 4 rings (SSSR count). The Bertz CT molecular complexity index is 1030. The molecule has 1 aliphatic heterocycles. The van der Waals surface area contributed by atoms with Gasteiger partial charge >= 0.3 is 5.97 Å². The van der Waals surface area contributed by atoms with Crippen LogP contribution in [-0.2, 0) is 16.0 Å². The number of halogens is 1. The van der Waals surface area contributed by atoms with E-state index in [4.69, 9.17) is 9.47 Å². The van der Waals surface area contributed by atoms with Crippen LogP contribution in [-0.4, -0.2) is 37.3 Å². The third-order valence-electron chi connectivity index (χ3n) is 5.57. The van der Waals surface area contributed by atoms with Crippen molar-refractivity contribution in [2.24, 2.45) is 5.92 Å². The van der Waals surface area contributed by atoms with Crippen LogP contribution in [0.25, 0.3) is 10.2 Å². The number of carbonyl (C=O) groups is 1. The first-order valence-electron chi connectivity index (χ1n) is 10.8. The number of thiazole rings is 1. The second-order valence-corrected chi connectivity index (χ2v) is 8.81. The van der Waals surface area contributed by atoms with E-state index in [9.17, 15) is 9.18 Å². The van der Waals surface area contributed by atoms with Gasteiger partial charge in [0.1, 0.15) is 11.6 Å². The first-order chi connectivity index (χ1) is 15.1. The van der Waals surface area contributed by atoms with E-state index in [-0.39, 0.29) is 18.2 Å². The fourth-order valence-corrected chi connectivity index (χ4v) is 4.94. The van der Waals surface area contributed by atoms with Crippen molar-refractivity contribution in [1.82, 2.24) is 4.98 Å². The molecule has 0 aliphatic carbocycles. The predicted octanol–water partition coefficient (Wildman–Crippen LogP) is 5.23. The summed E-state index contributed by atoms with van der Waals surface area (Å²) in [5, 5.41) is 0.980. The highest BCUT2D eigenvalue weighted by molar-refractivity contribution is 7.22. The number of esters is 1. The summed E-state index contributed by atoms with van der Waals surface area (Å²) in [5.74, 6) is 0.976. The van der Waals surface area contributed by atoms with Crippen LogP contribution in [0.1, 0.15) is 31.7 Å². The van der Waals surface area contributed by atoms with Gasteiger partial charge in [0.25, 0.3) is 0 Å². The van der Waals surface area contributed by atoms with Crippen molar-refractivity contribution < 1.29 is 18.7 Å². The van der Waals surface area contributed by atoms with Crippen molar-refractivity contribution in [3.05, 3.63) is 53.8 Å². The molecule has 164 valence electrons. The Kier molecular flexibility index (Phi) is 7.02. The van der Waals surface area contributed by atoms with Gasteiger partial charge in [-0.2, -0.15) is 0 Å². The molecule has 0 atom stereocenters. The summed E-state index contributed by atoms with van der Waals surface area (Å²) < 4.78 is 25.3. The lowest BCUT2D eigenvalue weighted by molar-refractivity contribution is -0.142. The molecular formula is C24H27FN2O3S. The fourth-order valence-electron chi connectivity index (χ4n) is 3.90. The molecule has 0 spiro atoms. The minimum Gasteiger partial charge on any atom is -0.494 e. The van der Waals surface area contributed by atoms with Gasteiger partial charge in [0, 0.05) is 13.1 Å². The van der Waals surface area contributed by atoms with E-state index in [2.05, 4.69) is 9.88 Å². The molecule has 0 amide bonds. The second-order valence-electron chi connectivity index (χ2n) is 7.81. The number of benzene rings is 2. The molecule has 0 bridgehead atoms. The van der Waals surface area contributed by atoms with Gasteiger partial charge in [-0.1, -0.05) is 23.5 Å². The highest BCUT2D eigenvalue weighted by atomic mass is 32.1. The molecule has 1 aromatic heterocycles. The summed E-state index contributed by atoms with van der Waals surface area (Å²) >= 11 is 1.56. The van der Waals surface area contributed by atoms with E-state index in [1.54, 1.807) is 23.5 Å². The second kappa shape index (κ2) is 10.1. The Hall–Kier alpha value is -2.67. The molecule has 1 aliphatic rings. The molecule has 2 aromatic carbocycles. The van der Waals surface area contributed by atoms with Gasteiger partial charge in [-0.25, -0.2) is 9.37 Å². The summed E-state index contributed by atoms with van der Waals surface area (Å²) in [5.41, 5.74) is 1.77. The summed E-state index contributed by atoms with van der Waals surface area (Å²) in [7, 11) is 0. The monoisotopic (exact) mass is 442 g/mol. The van der Waals surface area contributed by atoms with Crippen LogP contribution in [0.4, 0.5) is 9.52 Å². The summed E-state index contributed by atoms with van der Waals surface area (Å²) in [6, 6.07) is 12.4. The quantitative estimate of drug-likeness (QED) is 0.447. The molecule has 0 saturated carbocycles. The number of anilines is 1. The van der Waals surface area contributed by atoms with E-state index in [0.717, 1.165) is 59.0 Å². The average molecular weight is 443 g/mol. The Morgan fingerprint density at radius 2 is 2.06 bits per heavy atom. The van der Waals surface area contributed by atoms with E-state index in [0.29, 0.717) is 19.1 Å². The van der Waals surface area contributed by atoms with Gasteiger partial charge in [0.2, 0.25) is 0 Å². The van der Waals surface area contributed by atoms with Gasteiger partial charge in [-0.3, -0.25) is 4.79 Å². The lowest BCUT2D eigenvalue weighted by Crippen LogP contribution is -2.34. The summed E-state index contributed by atoms with van der Waals surface area (Å²) in [6.45, 7) is 4.78. The van der Waals surface area contributed by atoms with Crippen molar-refractivity contribution in [2.75, 3.05) is 31.2 Å². The number of ether oxygens (including phenoxy) is 2. The molecule has 0 N–H and O–H groups in total. The van der Waals surface area contributed by atoms with Gasteiger partial charge in [0.05, 0.1) is 29.9 Å². The van der Waals surface area contributed by atoms with Gasteiger partial charge < -0.3 is 14.4 Å². The maximum absolute atomic E-state index is 13.4. The van der Waals surface area contributed by atoms with Crippen LogP contribution in [0.15, 0.2) is 42.5 Å². The molecule has 1 saturated heterocycles. The molecule has 31 heavy (non-hydrogen) atoms. The van der Waals surface area contributed by atoms with Crippen LogP contribution in [0.2, 0.25) is 0 Å². The normalized spacial score (nSPS) is 14.7. The molecule has 1 fully saturated rings. The lowest BCUT2D eigenvalue weighted by Gasteiger charge is -2.31. The lowest BCUT2D eigenvalue weighted by atomic mass is 9.94. The molecular weight excluding hydrogens is 415 g/mol. The van der Waals surface area contributed by atoms with E-state index in [1.807, 2.05) is 31.2 Å². The van der Waals surface area contributed by atoms with Gasteiger partial charge in [0.15, 0.2) is 5.13 Å². The highest BCUT2D eigenvalue weighted by Crippen LogP contribution is 2.32. The fraction of sp³-hybridized carbons (Fsp3) is 0.417. The van der Waals surface area contributed by atoms with Crippen molar-refractivity contribution in [1.29, 1.82) is 0 Å². The molecule has 3 aromatic rings. The number of hydrogen-bond acceptors (Lipinski definition) is 6. The number of hydrogen-bond donors (Lipinski definition) is 0. The molecule has 0 radical (unpaired) electrons. The van der Waals surface area contributed by atoms with E-state index < -0.39 is 0 Å². The zero-order valence-corrected chi connectivity index (χ0v) is 18.5. The minimum absolute atomic E-state index is 0.215.